The molecule has 0 aliphatic heterocycles. The Hall–Kier alpha value is -3.73. The maximum absolute atomic E-state index is 12.8. The highest BCUT2D eigenvalue weighted by atomic mass is 16.5. The molecule has 0 unspecified atom stereocenters. The van der Waals surface area contributed by atoms with Crippen molar-refractivity contribution < 1.29 is 19.1 Å². The summed E-state index contributed by atoms with van der Waals surface area (Å²) in [5.74, 6) is -1.29. The molecule has 5 heteroatoms. The lowest BCUT2D eigenvalue weighted by atomic mass is 9.98. The van der Waals surface area contributed by atoms with Crippen LogP contribution in [-0.4, -0.2) is 36.2 Å². The van der Waals surface area contributed by atoms with Crippen molar-refractivity contribution in [1.29, 1.82) is 0 Å². The van der Waals surface area contributed by atoms with Gasteiger partial charge in [-0.2, -0.15) is 0 Å². The summed E-state index contributed by atoms with van der Waals surface area (Å²) in [6, 6.07) is 23.0. The van der Waals surface area contributed by atoms with E-state index in [4.69, 9.17) is 4.74 Å². The Morgan fingerprint density at radius 2 is 1.40 bits per heavy atom. The zero-order chi connectivity index (χ0) is 21.5. The number of carbonyl (C=O) groups is 3. The smallest absolute Gasteiger partial charge is 0.339 e. The van der Waals surface area contributed by atoms with Crippen LogP contribution in [-0.2, 0) is 16.1 Å². The van der Waals surface area contributed by atoms with E-state index in [2.05, 4.69) is 0 Å². The number of carbonyl (C=O) groups excluding carboxylic acids is 3. The van der Waals surface area contributed by atoms with Crippen molar-refractivity contribution in [2.24, 2.45) is 0 Å². The van der Waals surface area contributed by atoms with E-state index in [1.807, 2.05) is 37.3 Å². The number of nitrogens with zero attached hydrogens (tertiary/aromatic N) is 1. The molecule has 0 spiro atoms. The highest BCUT2D eigenvalue weighted by molar-refractivity contribution is 6.14. The van der Waals surface area contributed by atoms with Crippen molar-refractivity contribution in [3.05, 3.63) is 107 Å². The second-order valence-electron chi connectivity index (χ2n) is 6.99. The van der Waals surface area contributed by atoms with E-state index < -0.39 is 12.6 Å². The molecule has 0 aromatic heterocycles. The molecule has 5 nitrogen and oxygen atoms in total. The lowest BCUT2D eigenvalue weighted by Crippen LogP contribution is -2.31. The summed E-state index contributed by atoms with van der Waals surface area (Å²) in [5.41, 5.74) is 2.97. The number of amides is 1. The second kappa shape index (κ2) is 9.65. The van der Waals surface area contributed by atoms with Crippen LogP contribution in [0.25, 0.3) is 0 Å². The Morgan fingerprint density at radius 3 is 2.10 bits per heavy atom. The SMILES string of the molecule is Cc1ccccc1CN(C)C(=O)COC(=O)c1ccccc1C(=O)c1ccccc1. The molecule has 0 saturated carbocycles. The third-order valence-electron chi connectivity index (χ3n) is 4.85. The number of esters is 1. The third-order valence-corrected chi connectivity index (χ3v) is 4.85. The first kappa shape index (κ1) is 21.0. The minimum absolute atomic E-state index is 0.140. The minimum atomic E-state index is -0.701. The number of likely N-dealkylation sites (N-methyl/N-ethyl adjacent to an activating group) is 1. The van der Waals surface area contributed by atoms with E-state index in [1.165, 1.54) is 11.0 Å². The van der Waals surface area contributed by atoms with Crippen molar-refractivity contribution in [1.82, 2.24) is 4.90 Å². The van der Waals surface area contributed by atoms with Crippen LogP contribution in [0, 0.1) is 6.92 Å². The van der Waals surface area contributed by atoms with Crippen molar-refractivity contribution in [3.63, 3.8) is 0 Å². The van der Waals surface area contributed by atoms with Gasteiger partial charge in [0.2, 0.25) is 0 Å². The van der Waals surface area contributed by atoms with Gasteiger partial charge in [0.25, 0.3) is 5.91 Å². The van der Waals surface area contributed by atoms with Gasteiger partial charge in [0.05, 0.1) is 5.56 Å². The van der Waals surface area contributed by atoms with Crippen LogP contribution < -0.4 is 0 Å². The molecule has 0 N–H and O–H groups in total. The van der Waals surface area contributed by atoms with Crippen LogP contribution in [0.1, 0.15) is 37.4 Å². The summed E-state index contributed by atoms with van der Waals surface area (Å²) in [4.78, 5) is 39.3. The van der Waals surface area contributed by atoms with Gasteiger partial charge < -0.3 is 9.64 Å². The first-order valence-corrected chi connectivity index (χ1v) is 9.61. The van der Waals surface area contributed by atoms with E-state index in [-0.39, 0.29) is 22.8 Å². The molecule has 0 aliphatic rings. The van der Waals surface area contributed by atoms with Crippen molar-refractivity contribution in [2.75, 3.05) is 13.7 Å². The normalized spacial score (nSPS) is 10.3. The van der Waals surface area contributed by atoms with Gasteiger partial charge in [-0.1, -0.05) is 72.8 Å². The highest BCUT2D eigenvalue weighted by Crippen LogP contribution is 2.16. The van der Waals surface area contributed by atoms with E-state index in [0.29, 0.717) is 12.1 Å². The molecule has 0 radical (unpaired) electrons. The van der Waals surface area contributed by atoms with Crippen LogP contribution >= 0.6 is 0 Å². The molecule has 30 heavy (non-hydrogen) atoms. The molecule has 3 aromatic carbocycles. The van der Waals surface area contributed by atoms with E-state index >= 15 is 0 Å². The standard InChI is InChI=1S/C25H23NO4/c1-18-10-6-7-13-20(18)16-26(2)23(27)17-30-25(29)22-15-9-8-14-21(22)24(28)19-11-4-3-5-12-19/h3-15H,16-17H2,1-2H3. The van der Waals surface area contributed by atoms with Gasteiger partial charge in [0.1, 0.15) is 0 Å². The molecule has 3 aromatic rings. The number of aryl methyl sites for hydroxylation is 1. The topological polar surface area (TPSA) is 63.7 Å². The Balaban J connectivity index is 1.66. The van der Waals surface area contributed by atoms with E-state index in [1.54, 1.807) is 49.5 Å². The lowest BCUT2D eigenvalue weighted by molar-refractivity contribution is -0.133. The first-order chi connectivity index (χ1) is 14.5. The molecule has 0 aliphatic carbocycles. The molecule has 1 amide bonds. The molecule has 152 valence electrons. The fraction of sp³-hybridized carbons (Fsp3) is 0.160. The van der Waals surface area contributed by atoms with Crippen LogP contribution in [0.4, 0.5) is 0 Å². The quantitative estimate of drug-likeness (QED) is 0.443. The van der Waals surface area contributed by atoms with Crippen LogP contribution in [0.3, 0.4) is 0 Å². The molecule has 0 bridgehead atoms. The van der Waals surface area contributed by atoms with Gasteiger partial charge in [0, 0.05) is 24.7 Å². The number of hydrogen-bond donors (Lipinski definition) is 0. The van der Waals surface area contributed by atoms with Gasteiger partial charge in [-0.25, -0.2) is 4.79 Å². The maximum atomic E-state index is 12.8. The van der Waals surface area contributed by atoms with Crippen molar-refractivity contribution in [3.8, 4) is 0 Å². The molecular formula is C25H23NO4. The Morgan fingerprint density at radius 1 is 0.800 bits per heavy atom. The summed E-state index contributed by atoms with van der Waals surface area (Å²) < 4.78 is 5.22. The third kappa shape index (κ3) is 5.00. The molecule has 0 fully saturated rings. The number of ketones is 1. The molecule has 0 atom stereocenters. The van der Waals surface area contributed by atoms with Crippen molar-refractivity contribution in [2.45, 2.75) is 13.5 Å². The van der Waals surface area contributed by atoms with Gasteiger partial charge in [-0.3, -0.25) is 9.59 Å². The number of rotatable bonds is 7. The average molecular weight is 401 g/mol. The second-order valence-corrected chi connectivity index (χ2v) is 6.99. The van der Waals surface area contributed by atoms with E-state index in [0.717, 1.165) is 11.1 Å². The summed E-state index contributed by atoms with van der Waals surface area (Å²) in [5, 5.41) is 0. The van der Waals surface area contributed by atoms with Gasteiger partial charge in [-0.05, 0) is 24.1 Å². The summed E-state index contributed by atoms with van der Waals surface area (Å²) in [6.07, 6.45) is 0. The zero-order valence-corrected chi connectivity index (χ0v) is 17.0. The van der Waals surface area contributed by atoms with Gasteiger partial charge >= 0.3 is 5.97 Å². The van der Waals surface area contributed by atoms with Crippen LogP contribution in [0.15, 0.2) is 78.9 Å². The minimum Gasteiger partial charge on any atom is -0.452 e. The highest BCUT2D eigenvalue weighted by Gasteiger charge is 2.20. The monoisotopic (exact) mass is 401 g/mol. The fourth-order valence-electron chi connectivity index (χ4n) is 3.05. The first-order valence-electron chi connectivity index (χ1n) is 9.61. The fourth-order valence-corrected chi connectivity index (χ4v) is 3.05. The molecule has 0 saturated heterocycles. The molecule has 0 heterocycles. The molecular weight excluding hydrogens is 378 g/mol. The maximum Gasteiger partial charge on any atom is 0.339 e. The summed E-state index contributed by atoms with van der Waals surface area (Å²) >= 11 is 0. The molecule has 3 rings (SSSR count). The number of hydrogen-bond acceptors (Lipinski definition) is 4. The average Bonchev–Trinajstić information content (AvgIpc) is 2.78. The predicted octanol–water partition coefficient (Wildman–Crippen LogP) is 4.04. The van der Waals surface area contributed by atoms with Gasteiger partial charge in [0.15, 0.2) is 12.4 Å². The predicted molar refractivity (Wildman–Crippen MR) is 114 cm³/mol. The summed E-state index contributed by atoms with van der Waals surface area (Å²) in [7, 11) is 1.66. The Bertz CT molecular complexity index is 1060. The van der Waals surface area contributed by atoms with Crippen LogP contribution in [0.2, 0.25) is 0 Å². The Labute approximate surface area is 175 Å². The number of benzene rings is 3. The van der Waals surface area contributed by atoms with Gasteiger partial charge in [-0.15, -0.1) is 0 Å². The lowest BCUT2D eigenvalue weighted by Gasteiger charge is -2.18. The Kier molecular flexibility index (Phi) is 6.75. The summed E-state index contributed by atoms with van der Waals surface area (Å²) in [6.45, 7) is 2.01. The largest absolute Gasteiger partial charge is 0.452 e. The van der Waals surface area contributed by atoms with E-state index in [9.17, 15) is 14.4 Å². The number of ether oxygens (including phenoxy) is 1. The zero-order valence-electron chi connectivity index (χ0n) is 17.0. The van der Waals surface area contributed by atoms with Crippen LogP contribution in [0.5, 0.6) is 0 Å². The van der Waals surface area contributed by atoms with Crippen molar-refractivity contribution >= 4 is 17.7 Å².